The van der Waals surface area contributed by atoms with E-state index in [1.54, 1.807) is 26.0 Å². The molecule has 0 aliphatic carbocycles. The molecule has 10 heteroatoms. The Morgan fingerprint density at radius 1 is 1.00 bits per heavy atom. The van der Waals surface area contributed by atoms with Gasteiger partial charge in [-0.3, -0.25) is 9.59 Å². The van der Waals surface area contributed by atoms with Gasteiger partial charge in [-0.2, -0.15) is 8.42 Å². The number of nitrogens with zero attached hydrogens (tertiary/aromatic N) is 1. The smallest absolute Gasteiger partial charge is 0.339 e. The van der Waals surface area contributed by atoms with Crippen LogP contribution in [0.1, 0.15) is 36.7 Å². The Kier molecular flexibility index (Phi) is 8.31. The van der Waals surface area contributed by atoms with Crippen molar-refractivity contribution < 1.29 is 31.3 Å². The maximum absolute atomic E-state index is 14.2. The van der Waals surface area contributed by atoms with Gasteiger partial charge in [0.15, 0.2) is 11.5 Å². The summed E-state index contributed by atoms with van der Waals surface area (Å²) in [5.41, 5.74) is 0.941. The van der Waals surface area contributed by atoms with Gasteiger partial charge < -0.3 is 19.1 Å². The van der Waals surface area contributed by atoms with Gasteiger partial charge in [0.05, 0.1) is 12.7 Å². The zero-order valence-electron chi connectivity index (χ0n) is 20.3. The highest BCUT2D eigenvalue weighted by Gasteiger charge is 2.24. The lowest BCUT2D eigenvalue weighted by atomic mass is 10.1. The van der Waals surface area contributed by atoms with Crippen LogP contribution >= 0.6 is 0 Å². The van der Waals surface area contributed by atoms with Crippen LogP contribution in [0.4, 0.5) is 10.1 Å². The first-order valence-electron chi connectivity index (χ1n) is 11.1. The fourth-order valence-corrected chi connectivity index (χ4v) is 4.37. The molecule has 0 spiro atoms. The Morgan fingerprint density at radius 2 is 1.67 bits per heavy atom. The van der Waals surface area contributed by atoms with Crippen molar-refractivity contribution in [3.63, 3.8) is 0 Å². The summed E-state index contributed by atoms with van der Waals surface area (Å²) in [6, 6.07) is 15.6. The summed E-state index contributed by atoms with van der Waals surface area (Å²) in [4.78, 5) is 25.6. The van der Waals surface area contributed by atoms with Gasteiger partial charge in [-0.1, -0.05) is 18.2 Å². The molecule has 0 aliphatic rings. The summed E-state index contributed by atoms with van der Waals surface area (Å²) in [6.45, 7) is 5.03. The largest absolute Gasteiger partial charge is 0.493 e. The van der Waals surface area contributed by atoms with Crippen LogP contribution in [0.15, 0.2) is 71.6 Å². The van der Waals surface area contributed by atoms with Crippen molar-refractivity contribution in [2.75, 3.05) is 12.4 Å². The summed E-state index contributed by atoms with van der Waals surface area (Å²) >= 11 is 0. The van der Waals surface area contributed by atoms with E-state index in [9.17, 15) is 22.4 Å². The van der Waals surface area contributed by atoms with Crippen LogP contribution in [0, 0.1) is 5.82 Å². The van der Waals surface area contributed by atoms with E-state index in [4.69, 9.17) is 8.92 Å². The number of benzene rings is 3. The van der Waals surface area contributed by atoms with Crippen LogP contribution in [-0.2, 0) is 21.5 Å². The van der Waals surface area contributed by atoms with Crippen LogP contribution in [-0.4, -0.2) is 38.3 Å². The van der Waals surface area contributed by atoms with E-state index in [1.165, 1.54) is 73.5 Å². The molecule has 0 fully saturated rings. The van der Waals surface area contributed by atoms with E-state index in [-0.39, 0.29) is 40.5 Å². The van der Waals surface area contributed by atoms with Gasteiger partial charge in [-0.05, 0) is 67.9 Å². The Hall–Kier alpha value is -3.92. The summed E-state index contributed by atoms with van der Waals surface area (Å²) < 4.78 is 50.7. The molecule has 0 unspecified atom stereocenters. The SMILES string of the molecule is COc1ccc(CN(C(=O)c2ccccc2F)C(C)C)cc1OS(=O)(=O)c1ccc(NC(C)=O)cc1. The maximum atomic E-state index is 14.2. The molecule has 2 amide bonds. The van der Waals surface area contributed by atoms with Crippen molar-refractivity contribution in [1.82, 2.24) is 4.90 Å². The van der Waals surface area contributed by atoms with E-state index in [1.807, 2.05) is 0 Å². The average molecular weight is 515 g/mol. The second kappa shape index (κ2) is 11.2. The normalized spacial score (nSPS) is 11.2. The molecular formula is C26H27FN2O6S. The standard InChI is InChI=1S/C26H27FN2O6S/c1-17(2)29(26(31)22-7-5-6-8-23(22)27)16-19-9-14-24(34-4)25(15-19)35-36(32,33)21-12-10-20(11-13-21)28-18(3)30/h5-15,17H,16H2,1-4H3,(H,28,30). The average Bonchev–Trinajstić information content (AvgIpc) is 2.82. The highest BCUT2D eigenvalue weighted by Crippen LogP contribution is 2.32. The Bertz CT molecular complexity index is 1360. The minimum absolute atomic E-state index is 0.0542. The lowest BCUT2D eigenvalue weighted by molar-refractivity contribution is -0.114. The van der Waals surface area contributed by atoms with Crippen molar-refractivity contribution in [3.05, 3.63) is 83.7 Å². The van der Waals surface area contributed by atoms with E-state index < -0.39 is 21.8 Å². The number of hydrogen-bond acceptors (Lipinski definition) is 6. The van der Waals surface area contributed by atoms with Crippen molar-refractivity contribution in [2.45, 2.75) is 38.3 Å². The van der Waals surface area contributed by atoms with Crippen LogP contribution in [0.5, 0.6) is 11.5 Å². The predicted octanol–water partition coefficient (Wildman–Crippen LogP) is 4.61. The predicted molar refractivity (Wildman–Crippen MR) is 133 cm³/mol. The summed E-state index contributed by atoms with van der Waals surface area (Å²) in [6.07, 6.45) is 0. The summed E-state index contributed by atoms with van der Waals surface area (Å²) in [5, 5.41) is 2.56. The van der Waals surface area contributed by atoms with Crippen LogP contribution in [0.25, 0.3) is 0 Å². The van der Waals surface area contributed by atoms with Crippen molar-refractivity contribution in [2.24, 2.45) is 0 Å². The summed E-state index contributed by atoms with van der Waals surface area (Å²) in [5.74, 6) is -1.29. The van der Waals surface area contributed by atoms with Crippen LogP contribution < -0.4 is 14.2 Å². The molecule has 190 valence electrons. The van der Waals surface area contributed by atoms with Gasteiger partial charge >= 0.3 is 10.1 Å². The molecule has 3 aromatic carbocycles. The van der Waals surface area contributed by atoms with E-state index >= 15 is 0 Å². The van der Waals surface area contributed by atoms with Gasteiger partial charge in [0.1, 0.15) is 10.7 Å². The minimum atomic E-state index is -4.24. The third-order valence-electron chi connectivity index (χ3n) is 5.23. The first-order chi connectivity index (χ1) is 17.0. The zero-order chi connectivity index (χ0) is 26.5. The molecule has 1 N–H and O–H groups in total. The maximum Gasteiger partial charge on any atom is 0.339 e. The molecule has 0 saturated carbocycles. The molecule has 3 aromatic rings. The minimum Gasteiger partial charge on any atom is -0.493 e. The number of amides is 2. The molecule has 3 rings (SSSR count). The third-order valence-corrected chi connectivity index (χ3v) is 6.48. The molecule has 0 radical (unpaired) electrons. The third kappa shape index (κ3) is 6.39. The van der Waals surface area contributed by atoms with Crippen molar-refractivity contribution in [1.29, 1.82) is 0 Å². The van der Waals surface area contributed by atoms with Gasteiger partial charge in [-0.15, -0.1) is 0 Å². The molecule has 0 aromatic heterocycles. The number of rotatable bonds is 9. The fraction of sp³-hybridized carbons (Fsp3) is 0.231. The topological polar surface area (TPSA) is 102 Å². The molecule has 8 nitrogen and oxygen atoms in total. The van der Waals surface area contributed by atoms with E-state index in [0.29, 0.717) is 11.3 Å². The van der Waals surface area contributed by atoms with Crippen molar-refractivity contribution in [3.8, 4) is 11.5 Å². The van der Waals surface area contributed by atoms with Crippen LogP contribution in [0.3, 0.4) is 0 Å². The molecular weight excluding hydrogens is 487 g/mol. The van der Waals surface area contributed by atoms with Gasteiger partial charge in [0, 0.05) is 25.2 Å². The molecule has 0 atom stereocenters. The van der Waals surface area contributed by atoms with Crippen LogP contribution in [0.2, 0.25) is 0 Å². The first kappa shape index (κ1) is 26.7. The van der Waals surface area contributed by atoms with Gasteiger partial charge in [0.2, 0.25) is 5.91 Å². The number of carbonyl (C=O) groups excluding carboxylic acids is 2. The molecule has 0 heterocycles. The molecule has 0 saturated heterocycles. The lowest BCUT2D eigenvalue weighted by Gasteiger charge is -2.27. The number of hydrogen-bond donors (Lipinski definition) is 1. The monoisotopic (exact) mass is 514 g/mol. The number of anilines is 1. The second-order valence-electron chi connectivity index (χ2n) is 8.23. The first-order valence-corrected chi connectivity index (χ1v) is 12.5. The number of nitrogens with one attached hydrogen (secondary N) is 1. The zero-order valence-corrected chi connectivity index (χ0v) is 21.1. The highest BCUT2D eigenvalue weighted by atomic mass is 32.2. The number of carbonyl (C=O) groups is 2. The lowest BCUT2D eigenvalue weighted by Crippen LogP contribution is -2.36. The van der Waals surface area contributed by atoms with Gasteiger partial charge in [-0.25, -0.2) is 4.39 Å². The fourth-order valence-electron chi connectivity index (χ4n) is 3.43. The molecule has 0 aliphatic heterocycles. The quantitative estimate of drug-likeness (QED) is 0.419. The van der Waals surface area contributed by atoms with Crippen molar-refractivity contribution >= 4 is 27.6 Å². The number of halogens is 1. The number of ether oxygens (including phenoxy) is 1. The Morgan fingerprint density at radius 3 is 2.25 bits per heavy atom. The Balaban J connectivity index is 1.88. The highest BCUT2D eigenvalue weighted by molar-refractivity contribution is 7.87. The Labute approximate surface area is 209 Å². The second-order valence-corrected chi connectivity index (χ2v) is 9.78. The number of methoxy groups -OCH3 is 1. The molecule has 0 bridgehead atoms. The van der Waals surface area contributed by atoms with E-state index in [0.717, 1.165) is 0 Å². The molecule has 36 heavy (non-hydrogen) atoms. The van der Waals surface area contributed by atoms with E-state index in [2.05, 4.69) is 5.32 Å². The summed E-state index contributed by atoms with van der Waals surface area (Å²) in [7, 11) is -2.87. The van der Waals surface area contributed by atoms with Gasteiger partial charge in [0.25, 0.3) is 5.91 Å².